The van der Waals surface area contributed by atoms with E-state index < -0.39 is 0 Å². The molecule has 1 fully saturated rings. The molecule has 0 bridgehead atoms. The molecule has 0 radical (unpaired) electrons. The Hall–Kier alpha value is -0.940. The Balaban J connectivity index is 2.19. The highest BCUT2D eigenvalue weighted by Gasteiger charge is 2.27. The predicted molar refractivity (Wildman–Crippen MR) is 79.0 cm³/mol. The predicted octanol–water partition coefficient (Wildman–Crippen LogP) is 3.66. The molecule has 104 valence electrons. The first-order valence-electron chi connectivity index (χ1n) is 6.66. The van der Waals surface area contributed by atoms with Crippen molar-refractivity contribution in [3.05, 3.63) is 38.3 Å². The van der Waals surface area contributed by atoms with E-state index in [9.17, 15) is 10.1 Å². The number of rotatable bonds is 3. The number of halogens is 1. The zero-order chi connectivity index (χ0) is 14.0. The van der Waals surface area contributed by atoms with Crippen LogP contribution in [0.15, 0.2) is 22.7 Å². The van der Waals surface area contributed by atoms with Gasteiger partial charge in [0.25, 0.3) is 5.69 Å². The average molecular weight is 327 g/mol. The lowest BCUT2D eigenvalue weighted by molar-refractivity contribution is -0.385. The molecule has 1 aliphatic rings. The summed E-state index contributed by atoms with van der Waals surface area (Å²) >= 11 is 3.36. The summed E-state index contributed by atoms with van der Waals surface area (Å²) in [4.78, 5) is 10.6. The summed E-state index contributed by atoms with van der Waals surface area (Å²) in [6, 6.07) is 5.43. The van der Waals surface area contributed by atoms with Crippen LogP contribution in [-0.2, 0) is 6.42 Å². The number of hydrogen-bond acceptors (Lipinski definition) is 3. The topological polar surface area (TPSA) is 69.2 Å². The minimum Gasteiger partial charge on any atom is -0.327 e. The van der Waals surface area contributed by atoms with E-state index in [0.717, 1.165) is 24.8 Å². The van der Waals surface area contributed by atoms with E-state index in [1.165, 1.54) is 12.5 Å². The molecule has 2 N–H and O–H groups in total. The van der Waals surface area contributed by atoms with Gasteiger partial charge in [-0.1, -0.05) is 19.1 Å². The molecule has 0 aliphatic heterocycles. The van der Waals surface area contributed by atoms with Gasteiger partial charge in [-0.3, -0.25) is 10.1 Å². The lowest BCUT2D eigenvalue weighted by Crippen LogP contribution is -2.36. The average Bonchev–Trinajstić information content (AvgIpc) is 2.36. The first kappa shape index (κ1) is 14.5. The highest BCUT2D eigenvalue weighted by molar-refractivity contribution is 9.10. The van der Waals surface area contributed by atoms with Crippen LogP contribution in [0.5, 0.6) is 0 Å². The van der Waals surface area contributed by atoms with E-state index in [0.29, 0.717) is 16.3 Å². The maximum Gasteiger partial charge on any atom is 0.283 e. The lowest BCUT2D eigenvalue weighted by atomic mass is 9.76. The summed E-state index contributed by atoms with van der Waals surface area (Å²) < 4.78 is 0.602. The Morgan fingerprint density at radius 2 is 2.21 bits per heavy atom. The quantitative estimate of drug-likeness (QED) is 0.680. The molecule has 3 atom stereocenters. The first-order chi connectivity index (χ1) is 8.99. The zero-order valence-corrected chi connectivity index (χ0v) is 12.6. The second kappa shape index (κ2) is 6.01. The monoisotopic (exact) mass is 326 g/mol. The molecule has 1 aromatic rings. The molecular weight excluding hydrogens is 308 g/mol. The second-order valence-electron chi connectivity index (χ2n) is 5.55. The number of nitrogens with two attached hydrogens (primary N) is 1. The van der Waals surface area contributed by atoms with Gasteiger partial charge in [0.1, 0.15) is 0 Å². The van der Waals surface area contributed by atoms with Crippen LogP contribution < -0.4 is 5.73 Å². The van der Waals surface area contributed by atoms with Gasteiger partial charge in [-0.15, -0.1) is 0 Å². The van der Waals surface area contributed by atoms with E-state index in [1.807, 2.05) is 6.07 Å². The Morgan fingerprint density at radius 3 is 2.89 bits per heavy atom. The van der Waals surface area contributed by atoms with Gasteiger partial charge in [0.05, 0.1) is 9.40 Å². The van der Waals surface area contributed by atoms with Gasteiger partial charge in [0.2, 0.25) is 0 Å². The van der Waals surface area contributed by atoms with Gasteiger partial charge in [-0.05, 0) is 59.0 Å². The van der Waals surface area contributed by atoms with E-state index >= 15 is 0 Å². The Bertz CT molecular complexity index is 479. The molecule has 1 aromatic carbocycles. The standard InChI is InChI=1S/C14H19BrN2O2/c1-9-5-6-12(16)11(7-9)8-10-3-2-4-13(14(10)15)17(18)19/h2-4,9,11-12H,5-8,16H2,1H3. The molecule has 4 nitrogen and oxygen atoms in total. The maximum absolute atomic E-state index is 10.9. The molecule has 0 heterocycles. The van der Waals surface area contributed by atoms with Gasteiger partial charge in [0, 0.05) is 12.1 Å². The summed E-state index contributed by atoms with van der Waals surface area (Å²) in [6.45, 7) is 2.25. The van der Waals surface area contributed by atoms with Gasteiger partial charge in [-0.2, -0.15) is 0 Å². The lowest BCUT2D eigenvalue weighted by Gasteiger charge is -2.32. The van der Waals surface area contributed by atoms with Crippen molar-refractivity contribution in [1.29, 1.82) is 0 Å². The van der Waals surface area contributed by atoms with Gasteiger partial charge < -0.3 is 5.73 Å². The van der Waals surface area contributed by atoms with Crippen molar-refractivity contribution in [2.75, 3.05) is 0 Å². The number of nitrogens with zero attached hydrogens (tertiary/aromatic N) is 1. The zero-order valence-electron chi connectivity index (χ0n) is 11.0. The summed E-state index contributed by atoms with van der Waals surface area (Å²) in [5.74, 6) is 1.12. The molecule has 1 aliphatic carbocycles. The third-order valence-electron chi connectivity index (χ3n) is 4.04. The molecule has 0 aromatic heterocycles. The van der Waals surface area contributed by atoms with Gasteiger partial charge in [0.15, 0.2) is 0 Å². The van der Waals surface area contributed by atoms with Crippen molar-refractivity contribution in [3.63, 3.8) is 0 Å². The van der Waals surface area contributed by atoms with Crippen LogP contribution in [-0.4, -0.2) is 11.0 Å². The largest absolute Gasteiger partial charge is 0.327 e. The third-order valence-corrected chi connectivity index (χ3v) is 4.96. The van der Waals surface area contributed by atoms with Gasteiger partial charge >= 0.3 is 0 Å². The normalized spacial score (nSPS) is 27.2. The molecule has 2 rings (SSSR count). The number of nitro groups is 1. The fraction of sp³-hybridized carbons (Fsp3) is 0.571. The summed E-state index contributed by atoms with van der Waals surface area (Å²) in [5, 5.41) is 10.9. The smallest absolute Gasteiger partial charge is 0.283 e. The van der Waals surface area contributed by atoms with Crippen molar-refractivity contribution in [2.45, 2.75) is 38.6 Å². The molecule has 1 saturated carbocycles. The van der Waals surface area contributed by atoms with E-state index in [-0.39, 0.29) is 16.7 Å². The molecule has 3 unspecified atom stereocenters. The molecule has 0 amide bonds. The number of benzene rings is 1. The Morgan fingerprint density at radius 1 is 1.47 bits per heavy atom. The van der Waals surface area contributed by atoms with Crippen LogP contribution >= 0.6 is 15.9 Å². The minimum atomic E-state index is -0.350. The van der Waals surface area contributed by atoms with Crippen LogP contribution in [0.2, 0.25) is 0 Å². The molecule has 19 heavy (non-hydrogen) atoms. The summed E-state index contributed by atoms with van der Waals surface area (Å²) in [5.41, 5.74) is 7.31. The SMILES string of the molecule is CC1CCC(N)C(Cc2cccc([N+](=O)[O-])c2Br)C1. The summed E-state index contributed by atoms with van der Waals surface area (Å²) in [7, 11) is 0. The van der Waals surface area contributed by atoms with Crippen molar-refractivity contribution in [2.24, 2.45) is 17.6 Å². The van der Waals surface area contributed by atoms with Crippen LogP contribution in [0, 0.1) is 22.0 Å². The van der Waals surface area contributed by atoms with E-state index in [1.54, 1.807) is 6.07 Å². The van der Waals surface area contributed by atoms with Crippen LogP contribution in [0.1, 0.15) is 31.7 Å². The Labute approximate surface area is 121 Å². The van der Waals surface area contributed by atoms with Crippen molar-refractivity contribution >= 4 is 21.6 Å². The molecule has 5 heteroatoms. The van der Waals surface area contributed by atoms with Gasteiger partial charge in [-0.25, -0.2) is 0 Å². The fourth-order valence-corrected chi connectivity index (χ4v) is 3.48. The molecule has 0 saturated heterocycles. The second-order valence-corrected chi connectivity index (χ2v) is 6.35. The molecule has 0 spiro atoms. The number of nitro benzene ring substituents is 1. The van der Waals surface area contributed by atoms with Crippen LogP contribution in [0.25, 0.3) is 0 Å². The maximum atomic E-state index is 10.9. The molecular formula is C14H19BrN2O2. The van der Waals surface area contributed by atoms with Crippen molar-refractivity contribution in [1.82, 2.24) is 0 Å². The third kappa shape index (κ3) is 3.34. The first-order valence-corrected chi connectivity index (χ1v) is 7.45. The number of hydrogen-bond donors (Lipinski definition) is 1. The highest BCUT2D eigenvalue weighted by atomic mass is 79.9. The minimum absolute atomic E-state index is 0.134. The van der Waals surface area contributed by atoms with E-state index in [4.69, 9.17) is 5.73 Å². The van der Waals surface area contributed by atoms with Crippen LogP contribution in [0.4, 0.5) is 5.69 Å². The fourth-order valence-electron chi connectivity index (χ4n) is 2.90. The highest BCUT2D eigenvalue weighted by Crippen LogP contribution is 2.34. The Kier molecular flexibility index (Phi) is 4.58. The van der Waals surface area contributed by atoms with E-state index in [2.05, 4.69) is 22.9 Å². The van der Waals surface area contributed by atoms with Crippen LogP contribution in [0.3, 0.4) is 0 Å². The van der Waals surface area contributed by atoms with Crippen molar-refractivity contribution in [3.8, 4) is 0 Å². The van der Waals surface area contributed by atoms with Crippen molar-refractivity contribution < 1.29 is 4.92 Å². The summed E-state index contributed by atoms with van der Waals surface area (Å²) in [6.07, 6.45) is 4.16.